The van der Waals surface area contributed by atoms with Crippen molar-refractivity contribution in [1.29, 1.82) is 0 Å². The molecule has 0 saturated heterocycles. The van der Waals surface area contributed by atoms with Crippen molar-refractivity contribution < 1.29 is 9.18 Å². The van der Waals surface area contributed by atoms with Gasteiger partial charge in [-0.2, -0.15) is 0 Å². The van der Waals surface area contributed by atoms with Crippen LogP contribution in [-0.4, -0.2) is 11.7 Å². The molecule has 0 aliphatic carbocycles. The van der Waals surface area contributed by atoms with Crippen molar-refractivity contribution >= 4 is 45.0 Å². The summed E-state index contributed by atoms with van der Waals surface area (Å²) < 4.78 is 14.2. The van der Waals surface area contributed by atoms with Crippen molar-refractivity contribution in [3.05, 3.63) is 52.8 Å². The molecule has 0 heterocycles. The summed E-state index contributed by atoms with van der Waals surface area (Å²) in [6, 6.07) is 11.8. The molecule has 2 rings (SSSR count). The third-order valence-corrected chi connectivity index (χ3v) is 4.07. The van der Waals surface area contributed by atoms with Gasteiger partial charge in [-0.1, -0.05) is 28.1 Å². The molecule has 3 nitrogen and oxygen atoms in total. The minimum Gasteiger partial charge on any atom is -0.398 e. The lowest BCUT2D eigenvalue weighted by Gasteiger charge is -2.07. The van der Waals surface area contributed by atoms with Crippen LogP contribution in [0.3, 0.4) is 0 Å². The summed E-state index contributed by atoms with van der Waals surface area (Å²) in [6.07, 6.45) is 0. The third kappa shape index (κ3) is 3.98. The first-order chi connectivity index (χ1) is 9.56. The molecule has 3 N–H and O–H groups in total. The normalized spacial score (nSPS) is 10.3. The first kappa shape index (κ1) is 14.9. The Bertz CT molecular complexity index is 636. The second-order valence-corrected chi connectivity index (χ2v) is 5.93. The standard InChI is InChI=1S/C14H12BrFN2OS/c15-9-5-6-12(10(16)7-9)18-14(19)8-20-13-4-2-1-3-11(13)17/h1-7H,8,17H2,(H,18,19). The fourth-order valence-electron chi connectivity index (χ4n) is 1.53. The van der Waals surface area contributed by atoms with Crippen molar-refractivity contribution in [3.63, 3.8) is 0 Å². The number of hydrogen-bond donors (Lipinski definition) is 2. The molecule has 0 spiro atoms. The molecule has 0 atom stereocenters. The van der Waals surface area contributed by atoms with Crippen molar-refractivity contribution in [2.24, 2.45) is 0 Å². The molecular weight excluding hydrogens is 343 g/mol. The number of anilines is 2. The van der Waals surface area contributed by atoms with E-state index in [2.05, 4.69) is 21.2 Å². The zero-order chi connectivity index (χ0) is 14.5. The predicted molar refractivity (Wildman–Crippen MR) is 84.3 cm³/mol. The fraction of sp³-hybridized carbons (Fsp3) is 0.0714. The van der Waals surface area contributed by atoms with E-state index in [-0.39, 0.29) is 17.3 Å². The highest BCUT2D eigenvalue weighted by Gasteiger charge is 2.08. The van der Waals surface area contributed by atoms with E-state index in [1.165, 1.54) is 23.9 Å². The zero-order valence-electron chi connectivity index (χ0n) is 10.4. The molecule has 0 radical (unpaired) electrons. The molecule has 0 aromatic heterocycles. The van der Waals surface area contributed by atoms with Crippen LogP contribution >= 0.6 is 27.7 Å². The molecule has 0 fully saturated rings. The maximum Gasteiger partial charge on any atom is 0.234 e. The lowest BCUT2D eigenvalue weighted by atomic mass is 10.3. The molecule has 0 aliphatic heterocycles. The van der Waals surface area contributed by atoms with E-state index in [9.17, 15) is 9.18 Å². The van der Waals surface area contributed by atoms with Crippen LogP contribution in [0.15, 0.2) is 51.8 Å². The maximum atomic E-state index is 13.6. The smallest absolute Gasteiger partial charge is 0.234 e. The van der Waals surface area contributed by atoms with Gasteiger partial charge in [-0.25, -0.2) is 4.39 Å². The number of nitrogen functional groups attached to an aromatic ring is 1. The lowest BCUT2D eigenvalue weighted by molar-refractivity contribution is -0.113. The number of hydrogen-bond acceptors (Lipinski definition) is 3. The second-order valence-electron chi connectivity index (χ2n) is 4.00. The largest absolute Gasteiger partial charge is 0.398 e. The van der Waals surface area contributed by atoms with E-state index in [1.54, 1.807) is 12.1 Å². The van der Waals surface area contributed by atoms with Crippen LogP contribution in [0.25, 0.3) is 0 Å². The second kappa shape index (κ2) is 6.76. The van der Waals surface area contributed by atoms with Crippen LogP contribution in [0.5, 0.6) is 0 Å². The molecule has 0 aliphatic rings. The van der Waals surface area contributed by atoms with E-state index in [0.29, 0.717) is 10.2 Å². The molecule has 104 valence electrons. The summed E-state index contributed by atoms with van der Waals surface area (Å²) in [5, 5.41) is 2.53. The number of nitrogens with one attached hydrogen (secondary N) is 1. The van der Waals surface area contributed by atoms with Gasteiger partial charge in [-0.3, -0.25) is 4.79 Å². The van der Waals surface area contributed by atoms with E-state index in [0.717, 1.165) is 4.90 Å². The number of benzene rings is 2. The molecular formula is C14H12BrFN2OS. The molecule has 2 aromatic carbocycles. The van der Waals surface area contributed by atoms with Crippen molar-refractivity contribution in [3.8, 4) is 0 Å². The van der Waals surface area contributed by atoms with Crippen LogP contribution in [0.4, 0.5) is 15.8 Å². The minimum atomic E-state index is -0.475. The number of amides is 1. The van der Waals surface area contributed by atoms with Gasteiger partial charge in [-0.05, 0) is 30.3 Å². The first-order valence-electron chi connectivity index (χ1n) is 5.78. The number of halogens is 2. The Kier molecular flexibility index (Phi) is 5.03. The highest BCUT2D eigenvalue weighted by molar-refractivity contribution is 9.10. The van der Waals surface area contributed by atoms with Gasteiger partial charge in [0.2, 0.25) is 5.91 Å². The average molecular weight is 355 g/mol. The summed E-state index contributed by atoms with van der Waals surface area (Å²) in [5.41, 5.74) is 6.57. The average Bonchev–Trinajstić information content (AvgIpc) is 2.41. The molecule has 20 heavy (non-hydrogen) atoms. The van der Waals surface area contributed by atoms with Crippen molar-refractivity contribution in [1.82, 2.24) is 0 Å². The van der Waals surface area contributed by atoms with Crippen LogP contribution in [0.2, 0.25) is 0 Å². The topological polar surface area (TPSA) is 55.1 Å². The Morgan fingerprint density at radius 2 is 2.05 bits per heavy atom. The Morgan fingerprint density at radius 3 is 2.75 bits per heavy atom. The van der Waals surface area contributed by atoms with Crippen LogP contribution in [0.1, 0.15) is 0 Å². The summed E-state index contributed by atoms with van der Waals surface area (Å²) in [5.74, 6) is -0.583. The number of rotatable bonds is 4. The molecule has 2 aromatic rings. The quantitative estimate of drug-likeness (QED) is 0.646. The number of carbonyl (C=O) groups is 1. The van der Waals surface area contributed by atoms with Crippen molar-refractivity contribution in [2.75, 3.05) is 16.8 Å². The zero-order valence-corrected chi connectivity index (χ0v) is 12.8. The van der Waals surface area contributed by atoms with Crippen LogP contribution in [-0.2, 0) is 4.79 Å². The van der Waals surface area contributed by atoms with E-state index < -0.39 is 5.82 Å². The monoisotopic (exact) mass is 354 g/mol. The van der Waals surface area contributed by atoms with Gasteiger partial charge in [0.05, 0.1) is 11.4 Å². The SMILES string of the molecule is Nc1ccccc1SCC(=O)Nc1ccc(Br)cc1F. The Hall–Kier alpha value is -1.53. The van der Waals surface area contributed by atoms with Gasteiger partial charge < -0.3 is 11.1 Å². The molecule has 6 heteroatoms. The molecule has 1 amide bonds. The van der Waals surface area contributed by atoms with Gasteiger partial charge in [0.25, 0.3) is 0 Å². The van der Waals surface area contributed by atoms with E-state index in [4.69, 9.17) is 5.73 Å². The Morgan fingerprint density at radius 1 is 1.30 bits per heavy atom. The highest BCUT2D eigenvalue weighted by Crippen LogP contribution is 2.25. The minimum absolute atomic E-state index is 0.167. The fourth-order valence-corrected chi connectivity index (χ4v) is 2.63. The number of para-hydroxylation sites is 1. The van der Waals surface area contributed by atoms with Gasteiger partial charge in [0.1, 0.15) is 5.82 Å². The Balaban J connectivity index is 1.94. The first-order valence-corrected chi connectivity index (χ1v) is 7.56. The van der Waals surface area contributed by atoms with Gasteiger partial charge in [-0.15, -0.1) is 11.8 Å². The summed E-state index contributed by atoms with van der Waals surface area (Å²) >= 11 is 4.48. The predicted octanol–water partition coefficient (Wildman–Crippen LogP) is 3.90. The number of carbonyl (C=O) groups excluding carboxylic acids is 1. The number of thioether (sulfide) groups is 1. The third-order valence-electron chi connectivity index (χ3n) is 2.48. The lowest BCUT2D eigenvalue weighted by Crippen LogP contribution is -2.15. The van der Waals surface area contributed by atoms with Gasteiger partial charge in [0, 0.05) is 15.1 Å². The Labute approximate surface area is 128 Å². The van der Waals surface area contributed by atoms with Gasteiger partial charge >= 0.3 is 0 Å². The summed E-state index contributed by atoms with van der Waals surface area (Å²) in [6.45, 7) is 0. The number of nitrogens with two attached hydrogens (primary N) is 1. The molecule has 0 saturated carbocycles. The highest BCUT2D eigenvalue weighted by atomic mass is 79.9. The van der Waals surface area contributed by atoms with Crippen molar-refractivity contribution in [2.45, 2.75) is 4.90 Å². The maximum absolute atomic E-state index is 13.6. The van der Waals surface area contributed by atoms with Crippen LogP contribution < -0.4 is 11.1 Å². The molecule has 0 bridgehead atoms. The van der Waals surface area contributed by atoms with Crippen LogP contribution in [0, 0.1) is 5.82 Å². The summed E-state index contributed by atoms with van der Waals surface area (Å²) in [7, 11) is 0. The molecule has 0 unspecified atom stereocenters. The van der Waals surface area contributed by atoms with Gasteiger partial charge in [0.15, 0.2) is 0 Å². The summed E-state index contributed by atoms with van der Waals surface area (Å²) in [4.78, 5) is 12.6. The van der Waals surface area contributed by atoms with E-state index >= 15 is 0 Å². The van der Waals surface area contributed by atoms with E-state index in [1.807, 2.05) is 18.2 Å².